The van der Waals surface area contributed by atoms with Crippen molar-refractivity contribution in [3.8, 4) is 5.75 Å². The quantitative estimate of drug-likeness (QED) is 0.376. The van der Waals surface area contributed by atoms with Gasteiger partial charge in [0.1, 0.15) is 0 Å². The minimum absolute atomic E-state index is 0.280. The van der Waals surface area contributed by atoms with Gasteiger partial charge in [0.15, 0.2) is 0 Å². The van der Waals surface area contributed by atoms with Gasteiger partial charge in [0.05, 0.1) is 21.6 Å². The fraction of sp³-hybridized carbons (Fsp3) is 0. The summed E-state index contributed by atoms with van der Waals surface area (Å²) in [4.78, 5) is 36.3. The van der Waals surface area contributed by atoms with Gasteiger partial charge in [0.25, 0.3) is 17.3 Å². The number of aliphatic imine (C=N–C) groups is 1. The molecule has 1 N–H and O–H groups in total. The Labute approximate surface area is 169 Å². The standard InChI is InChI=1S/C20H14N4O6/c25-19-14(10-17(23(27)28)11-18(19)24(29)30)12-21-15-6-8-16(9-7-15)22-20(26)13-4-2-1-3-5-13/h1-12,25H,(H,22,26)/p-1. The largest absolute Gasteiger partial charge is 0.867 e. The zero-order valence-corrected chi connectivity index (χ0v) is 15.2. The van der Waals surface area contributed by atoms with Crippen LogP contribution in [0.15, 0.2) is 71.7 Å². The average Bonchev–Trinajstić information content (AvgIpc) is 2.74. The van der Waals surface area contributed by atoms with E-state index in [0.717, 1.165) is 12.3 Å². The number of hydrogen-bond acceptors (Lipinski definition) is 7. The normalized spacial score (nSPS) is 10.7. The van der Waals surface area contributed by atoms with Crippen LogP contribution in [0.3, 0.4) is 0 Å². The molecule has 0 saturated heterocycles. The van der Waals surface area contributed by atoms with Gasteiger partial charge >= 0.3 is 0 Å². The van der Waals surface area contributed by atoms with Crippen LogP contribution >= 0.6 is 0 Å². The van der Waals surface area contributed by atoms with Gasteiger partial charge in [-0.1, -0.05) is 18.2 Å². The van der Waals surface area contributed by atoms with Crippen molar-refractivity contribution < 1.29 is 19.7 Å². The third-order valence-electron chi connectivity index (χ3n) is 4.00. The number of carbonyl (C=O) groups is 1. The molecule has 0 heterocycles. The Morgan fingerprint density at radius 3 is 2.20 bits per heavy atom. The number of hydrogen-bond donors (Lipinski definition) is 1. The van der Waals surface area contributed by atoms with Gasteiger partial charge in [-0.05, 0) is 47.7 Å². The molecule has 0 aliphatic rings. The van der Waals surface area contributed by atoms with Gasteiger partial charge in [-0.25, -0.2) is 0 Å². The Kier molecular flexibility index (Phi) is 5.78. The summed E-state index contributed by atoms with van der Waals surface area (Å²) in [7, 11) is 0. The SMILES string of the molecule is O=C(Nc1ccc(N=Cc2cc([N+](=O)[O-])cc([N+](=O)[O-])c2[O-])cc1)c1ccccc1. The second-order valence-corrected chi connectivity index (χ2v) is 6.02. The Morgan fingerprint density at radius 2 is 1.60 bits per heavy atom. The molecule has 0 saturated carbocycles. The summed E-state index contributed by atoms with van der Waals surface area (Å²) in [5, 5.41) is 36.7. The molecule has 0 atom stereocenters. The zero-order chi connectivity index (χ0) is 21.7. The molecule has 150 valence electrons. The van der Waals surface area contributed by atoms with E-state index in [9.17, 15) is 30.1 Å². The van der Waals surface area contributed by atoms with Crippen molar-refractivity contribution in [1.82, 2.24) is 0 Å². The molecule has 0 fully saturated rings. The number of nitro groups is 2. The topological polar surface area (TPSA) is 151 Å². The molecule has 3 aromatic rings. The number of benzene rings is 3. The second-order valence-electron chi connectivity index (χ2n) is 6.02. The fourth-order valence-electron chi connectivity index (χ4n) is 2.52. The van der Waals surface area contributed by atoms with Crippen LogP contribution in [0.25, 0.3) is 0 Å². The van der Waals surface area contributed by atoms with Crippen LogP contribution in [0.5, 0.6) is 5.75 Å². The van der Waals surface area contributed by atoms with Crippen LogP contribution in [0.2, 0.25) is 0 Å². The first-order chi connectivity index (χ1) is 14.3. The Morgan fingerprint density at radius 1 is 0.933 bits per heavy atom. The molecule has 3 aromatic carbocycles. The lowest BCUT2D eigenvalue weighted by Crippen LogP contribution is -2.11. The van der Waals surface area contributed by atoms with E-state index >= 15 is 0 Å². The summed E-state index contributed by atoms with van der Waals surface area (Å²) in [6.45, 7) is 0. The number of non-ortho nitro benzene ring substituents is 1. The van der Waals surface area contributed by atoms with E-state index in [4.69, 9.17) is 0 Å². The summed E-state index contributed by atoms with van der Waals surface area (Å²) in [6, 6.07) is 16.4. The lowest BCUT2D eigenvalue weighted by molar-refractivity contribution is -0.403. The van der Waals surface area contributed by atoms with Crippen molar-refractivity contribution in [2.45, 2.75) is 0 Å². The summed E-state index contributed by atoms with van der Waals surface area (Å²) in [6.07, 6.45) is 1.03. The van der Waals surface area contributed by atoms with E-state index in [1.165, 1.54) is 0 Å². The smallest absolute Gasteiger partial charge is 0.276 e. The lowest BCUT2D eigenvalue weighted by Gasteiger charge is -2.10. The molecule has 0 bridgehead atoms. The average molecular weight is 405 g/mol. The van der Waals surface area contributed by atoms with Crippen molar-refractivity contribution in [1.29, 1.82) is 0 Å². The molecule has 3 rings (SSSR count). The van der Waals surface area contributed by atoms with Gasteiger partial charge in [-0.3, -0.25) is 30.0 Å². The summed E-state index contributed by atoms with van der Waals surface area (Å²) in [5.74, 6) is -1.26. The van der Waals surface area contributed by atoms with E-state index in [-0.39, 0.29) is 11.5 Å². The molecule has 0 unspecified atom stereocenters. The second kappa shape index (κ2) is 8.61. The Balaban J connectivity index is 1.79. The first-order valence-electron chi connectivity index (χ1n) is 8.49. The van der Waals surface area contributed by atoms with E-state index < -0.39 is 27.0 Å². The molecule has 0 aliphatic carbocycles. The van der Waals surface area contributed by atoms with Crippen LogP contribution in [0.4, 0.5) is 22.7 Å². The van der Waals surface area contributed by atoms with Crippen LogP contribution in [-0.2, 0) is 0 Å². The van der Waals surface area contributed by atoms with Crippen LogP contribution in [0, 0.1) is 20.2 Å². The molecule has 0 aromatic heterocycles. The maximum absolute atomic E-state index is 12.1. The molecule has 0 radical (unpaired) electrons. The molecule has 0 spiro atoms. The Hall–Kier alpha value is -4.60. The van der Waals surface area contributed by atoms with Gasteiger partial charge in [0, 0.05) is 23.5 Å². The highest BCUT2D eigenvalue weighted by Crippen LogP contribution is 2.31. The molecular formula is C20H13N4O6-. The molecular weight excluding hydrogens is 392 g/mol. The number of anilines is 1. The van der Waals surface area contributed by atoms with Crippen molar-refractivity contribution in [2.75, 3.05) is 5.32 Å². The van der Waals surface area contributed by atoms with E-state index in [1.807, 2.05) is 0 Å². The number of amides is 1. The maximum Gasteiger partial charge on any atom is 0.276 e. The van der Waals surface area contributed by atoms with Gasteiger partial charge in [0.2, 0.25) is 0 Å². The predicted molar refractivity (Wildman–Crippen MR) is 107 cm³/mol. The van der Waals surface area contributed by atoms with Crippen molar-refractivity contribution in [3.05, 3.63) is 98.1 Å². The first-order valence-corrected chi connectivity index (χ1v) is 8.49. The highest BCUT2D eigenvalue weighted by Gasteiger charge is 2.18. The van der Waals surface area contributed by atoms with Crippen molar-refractivity contribution in [3.63, 3.8) is 0 Å². The van der Waals surface area contributed by atoms with Gasteiger partial charge < -0.3 is 10.4 Å². The predicted octanol–water partition coefficient (Wildman–Crippen LogP) is 3.58. The summed E-state index contributed by atoms with van der Waals surface area (Å²) in [5.41, 5.74) is -0.377. The maximum atomic E-state index is 12.1. The number of nitrogens with one attached hydrogen (secondary N) is 1. The summed E-state index contributed by atoms with van der Waals surface area (Å²) < 4.78 is 0. The van der Waals surface area contributed by atoms with Crippen molar-refractivity contribution >= 4 is 34.9 Å². The van der Waals surface area contributed by atoms with Crippen LogP contribution in [-0.4, -0.2) is 22.0 Å². The fourth-order valence-corrected chi connectivity index (χ4v) is 2.52. The molecule has 10 nitrogen and oxygen atoms in total. The van der Waals surface area contributed by atoms with Crippen LogP contribution < -0.4 is 10.4 Å². The van der Waals surface area contributed by atoms with E-state index in [2.05, 4.69) is 10.3 Å². The summed E-state index contributed by atoms with van der Waals surface area (Å²) >= 11 is 0. The molecule has 1 amide bonds. The molecule has 30 heavy (non-hydrogen) atoms. The van der Waals surface area contributed by atoms with Gasteiger partial charge in [-0.15, -0.1) is 0 Å². The van der Waals surface area contributed by atoms with E-state index in [0.29, 0.717) is 23.0 Å². The number of rotatable bonds is 6. The molecule has 10 heteroatoms. The minimum Gasteiger partial charge on any atom is -0.867 e. The van der Waals surface area contributed by atoms with Crippen LogP contribution in [0.1, 0.15) is 15.9 Å². The van der Waals surface area contributed by atoms with Gasteiger partial charge in [-0.2, -0.15) is 0 Å². The molecule has 0 aliphatic heterocycles. The first kappa shape index (κ1) is 20.1. The number of nitrogens with zero attached hydrogens (tertiary/aromatic N) is 3. The Bertz CT molecular complexity index is 1140. The zero-order valence-electron chi connectivity index (χ0n) is 15.2. The highest BCUT2D eigenvalue weighted by molar-refractivity contribution is 6.04. The third kappa shape index (κ3) is 4.62. The highest BCUT2D eigenvalue weighted by atomic mass is 16.6. The van der Waals surface area contributed by atoms with E-state index in [1.54, 1.807) is 54.6 Å². The third-order valence-corrected chi connectivity index (χ3v) is 4.00. The minimum atomic E-state index is -0.975. The number of nitro benzene ring substituents is 2. The van der Waals surface area contributed by atoms with Crippen molar-refractivity contribution in [2.24, 2.45) is 4.99 Å². The monoisotopic (exact) mass is 405 g/mol. The lowest BCUT2D eigenvalue weighted by atomic mass is 10.1. The number of carbonyl (C=O) groups excluding carboxylic acids is 1.